The molecule has 2 rings (SSSR count). The van der Waals surface area contributed by atoms with Crippen molar-refractivity contribution in [2.75, 3.05) is 26.7 Å². The minimum Gasteiger partial charge on any atom is -0.465 e. The molecule has 0 radical (unpaired) electrons. The average molecular weight is 383 g/mol. The van der Waals surface area contributed by atoms with Crippen LogP contribution in [-0.2, 0) is 14.8 Å². The number of carbonyl (C=O) groups is 1. The highest BCUT2D eigenvalue weighted by molar-refractivity contribution is 9.11. The summed E-state index contributed by atoms with van der Waals surface area (Å²) in [4.78, 5) is 11.7. The Morgan fingerprint density at radius 1 is 1.65 bits per heavy atom. The van der Waals surface area contributed by atoms with Crippen LogP contribution in [0.15, 0.2) is 14.7 Å². The molecule has 9 heteroatoms. The van der Waals surface area contributed by atoms with Crippen LogP contribution in [0.1, 0.15) is 16.1 Å². The molecular formula is C11H15BrN2O4S2. The highest BCUT2D eigenvalue weighted by atomic mass is 79.9. The van der Waals surface area contributed by atoms with Gasteiger partial charge in [-0.1, -0.05) is 0 Å². The third-order valence-corrected chi connectivity index (χ3v) is 6.71. The Labute approximate surface area is 130 Å². The summed E-state index contributed by atoms with van der Waals surface area (Å²) in [6.45, 7) is 2.13. The van der Waals surface area contributed by atoms with Crippen LogP contribution in [0.4, 0.5) is 0 Å². The Morgan fingerprint density at radius 3 is 3.00 bits per heavy atom. The largest absolute Gasteiger partial charge is 0.465 e. The van der Waals surface area contributed by atoms with Gasteiger partial charge in [-0.05, 0) is 47.4 Å². The van der Waals surface area contributed by atoms with E-state index in [0.717, 1.165) is 30.8 Å². The van der Waals surface area contributed by atoms with Crippen molar-refractivity contribution in [3.8, 4) is 0 Å². The fourth-order valence-electron chi connectivity index (χ4n) is 1.93. The zero-order valence-corrected chi connectivity index (χ0v) is 14.0. The molecule has 0 aromatic carbocycles. The second kappa shape index (κ2) is 6.52. The minimum atomic E-state index is -3.62. The third kappa shape index (κ3) is 3.59. The zero-order chi connectivity index (χ0) is 14.8. The van der Waals surface area contributed by atoms with Crippen LogP contribution in [-0.4, -0.2) is 41.1 Å². The fraction of sp³-hybridized carbons (Fsp3) is 0.545. The van der Waals surface area contributed by atoms with Crippen molar-refractivity contribution in [3.63, 3.8) is 0 Å². The van der Waals surface area contributed by atoms with Gasteiger partial charge in [-0.2, -0.15) is 0 Å². The number of methoxy groups -OCH3 is 1. The molecule has 0 spiro atoms. The summed E-state index contributed by atoms with van der Waals surface area (Å²) in [5.74, 6) is -0.237. The monoisotopic (exact) mass is 382 g/mol. The van der Waals surface area contributed by atoms with Crippen molar-refractivity contribution < 1.29 is 17.9 Å². The standard InChI is InChI=1S/C11H15BrN2O4S2/c1-18-11(15)8-4-9(10(12)19-8)20(16,17)14-6-7-2-3-13-5-7/h4,7,13-14H,2-3,5-6H2,1H3. The predicted molar refractivity (Wildman–Crippen MR) is 79.5 cm³/mol. The van der Waals surface area contributed by atoms with E-state index < -0.39 is 16.0 Å². The van der Waals surface area contributed by atoms with Gasteiger partial charge in [0.25, 0.3) is 0 Å². The van der Waals surface area contributed by atoms with Gasteiger partial charge in [-0.3, -0.25) is 0 Å². The van der Waals surface area contributed by atoms with E-state index in [0.29, 0.717) is 16.2 Å². The smallest absolute Gasteiger partial charge is 0.348 e. The Bertz CT molecular complexity index is 594. The third-order valence-electron chi connectivity index (χ3n) is 3.06. The second-order valence-corrected chi connectivity index (χ2v) is 8.56. The van der Waals surface area contributed by atoms with Gasteiger partial charge in [0, 0.05) is 6.54 Å². The molecule has 2 N–H and O–H groups in total. The molecule has 1 aromatic heterocycles. The Morgan fingerprint density at radius 2 is 2.40 bits per heavy atom. The molecule has 0 aliphatic carbocycles. The van der Waals surface area contributed by atoms with E-state index in [4.69, 9.17) is 0 Å². The van der Waals surface area contributed by atoms with Crippen molar-refractivity contribution in [2.45, 2.75) is 11.3 Å². The van der Waals surface area contributed by atoms with Gasteiger partial charge in [0.15, 0.2) is 0 Å². The van der Waals surface area contributed by atoms with Gasteiger partial charge in [0.1, 0.15) is 9.77 Å². The fourth-order valence-corrected chi connectivity index (χ4v) is 5.53. The van der Waals surface area contributed by atoms with Crippen LogP contribution >= 0.6 is 27.3 Å². The molecule has 1 atom stereocenters. The van der Waals surface area contributed by atoms with E-state index >= 15 is 0 Å². The van der Waals surface area contributed by atoms with Crippen molar-refractivity contribution in [2.24, 2.45) is 5.92 Å². The van der Waals surface area contributed by atoms with E-state index in [9.17, 15) is 13.2 Å². The molecule has 0 bridgehead atoms. The molecule has 1 aliphatic rings. The van der Waals surface area contributed by atoms with Gasteiger partial charge >= 0.3 is 5.97 Å². The van der Waals surface area contributed by atoms with E-state index in [-0.39, 0.29) is 9.77 Å². The maximum atomic E-state index is 12.2. The highest BCUT2D eigenvalue weighted by Crippen LogP contribution is 2.32. The van der Waals surface area contributed by atoms with Crippen LogP contribution in [0.25, 0.3) is 0 Å². The molecule has 1 aromatic rings. The Kier molecular flexibility index (Phi) is 5.19. The summed E-state index contributed by atoms with van der Waals surface area (Å²) >= 11 is 4.23. The number of carbonyl (C=O) groups excluding carboxylic acids is 1. The molecular weight excluding hydrogens is 368 g/mol. The average Bonchev–Trinajstić information content (AvgIpc) is 3.05. The summed E-state index contributed by atoms with van der Waals surface area (Å²) in [6.07, 6.45) is 0.959. The molecule has 2 heterocycles. The van der Waals surface area contributed by atoms with Gasteiger partial charge in [-0.25, -0.2) is 17.9 Å². The van der Waals surface area contributed by atoms with E-state index in [2.05, 4.69) is 30.7 Å². The molecule has 6 nitrogen and oxygen atoms in total. The lowest BCUT2D eigenvalue weighted by atomic mass is 10.1. The Balaban J connectivity index is 2.12. The number of rotatable bonds is 5. The zero-order valence-electron chi connectivity index (χ0n) is 10.8. The summed E-state index contributed by atoms with van der Waals surface area (Å²) in [5, 5.41) is 3.18. The first-order chi connectivity index (χ1) is 9.44. The summed E-state index contributed by atoms with van der Waals surface area (Å²) in [5.41, 5.74) is 0. The molecule has 112 valence electrons. The van der Waals surface area contributed by atoms with Gasteiger partial charge in [0.05, 0.1) is 10.9 Å². The molecule has 1 saturated heterocycles. The van der Waals surface area contributed by atoms with Gasteiger partial charge in [0.2, 0.25) is 10.0 Å². The first-order valence-electron chi connectivity index (χ1n) is 6.02. The maximum Gasteiger partial charge on any atom is 0.348 e. The normalized spacial score (nSPS) is 19.2. The number of ether oxygens (including phenoxy) is 1. The molecule has 20 heavy (non-hydrogen) atoms. The van der Waals surface area contributed by atoms with Crippen molar-refractivity contribution in [3.05, 3.63) is 14.7 Å². The molecule has 1 unspecified atom stereocenters. The lowest BCUT2D eigenvalue weighted by molar-refractivity contribution is 0.0606. The molecule has 1 fully saturated rings. The van der Waals surface area contributed by atoms with Gasteiger partial charge in [-0.15, -0.1) is 11.3 Å². The number of sulfonamides is 1. The summed E-state index contributed by atoms with van der Waals surface area (Å²) in [6, 6.07) is 1.33. The molecule has 1 aliphatic heterocycles. The predicted octanol–water partition coefficient (Wildman–Crippen LogP) is 1.19. The first-order valence-corrected chi connectivity index (χ1v) is 9.11. The minimum absolute atomic E-state index is 0.0776. The number of esters is 1. The number of hydrogen-bond donors (Lipinski definition) is 2. The number of halogens is 1. The van der Waals surface area contributed by atoms with Gasteiger partial charge < -0.3 is 10.1 Å². The second-order valence-electron chi connectivity index (χ2n) is 4.45. The molecule has 0 saturated carbocycles. The summed E-state index contributed by atoms with van der Waals surface area (Å²) in [7, 11) is -2.36. The van der Waals surface area contributed by atoms with Crippen LogP contribution in [0.3, 0.4) is 0 Å². The van der Waals surface area contributed by atoms with Crippen LogP contribution < -0.4 is 10.0 Å². The SMILES string of the molecule is COC(=O)c1cc(S(=O)(=O)NCC2CCNC2)c(Br)s1. The lowest BCUT2D eigenvalue weighted by Crippen LogP contribution is -2.30. The number of thiophene rings is 1. The number of hydrogen-bond acceptors (Lipinski definition) is 6. The lowest BCUT2D eigenvalue weighted by Gasteiger charge is -2.10. The number of nitrogens with one attached hydrogen (secondary N) is 2. The van der Waals surface area contributed by atoms with Crippen LogP contribution in [0, 0.1) is 5.92 Å². The maximum absolute atomic E-state index is 12.2. The van der Waals surface area contributed by atoms with Crippen molar-refractivity contribution >= 4 is 43.3 Å². The summed E-state index contributed by atoms with van der Waals surface area (Å²) < 4.78 is 32.0. The first kappa shape index (κ1) is 15.9. The van der Waals surface area contributed by atoms with Crippen LogP contribution in [0.2, 0.25) is 0 Å². The van der Waals surface area contributed by atoms with E-state index in [1.807, 2.05) is 0 Å². The quantitative estimate of drug-likeness (QED) is 0.747. The molecule has 0 amide bonds. The topological polar surface area (TPSA) is 84.5 Å². The van der Waals surface area contributed by atoms with E-state index in [1.165, 1.54) is 13.2 Å². The van der Waals surface area contributed by atoms with E-state index in [1.54, 1.807) is 0 Å². The Hall–Kier alpha value is -0.480. The van der Waals surface area contributed by atoms with Crippen molar-refractivity contribution in [1.29, 1.82) is 0 Å². The van der Waals surface area contributed by atoms with Crippen molar-refractivity contribution in [1.82, 2.24) is 10.0 Å². The highest BCUT2D eigenvalue weighted by Gasteiger charge is 2.25. The van der Waals surface area contributed by atoms with Crippen LogP contribution in [0.5, 0.6) is 0 Å².